The van der Waals surface area contributed by atoms with Gasteiger partial charge in [0.1, 0.15) is 0 Å². The van der Waals surface area contributed by atoms with Gasteiger partial charge in [0.15, 0.2) is 15.7 Å². The lowest BCUT2D eigenvalue weighted by Crippen LogP contribution is -2.23. The zero-order valence-electron chi connectivity index (χ0n) is 8.86. The minimum absolute atomic E-state index is 0.0533. The van der Waals surface area contributed by atoms with Gasteiger partial charge in [0.05, 0.1) is 17.4 Å². The molecule has 0 aromatic carbocycles. The first-order chi connectivity index (χ1) is 7.46. The van der Waals surface area contributed by atoms with Crippen LogP contribution in [0.1, 0.15) is 12.1 Å². The quantitative estimate of drug-likeness (QED) is 0.770. The van der Waals surface area contributed by atoms with E-state index in [0.29, 0.717) is 12.2 Å². The monoisotopic (exact) mass is 243 g/mol. The van der Waals surface area contributed by atoms with E-state index < -0.39 is 15.8 Å². The van der Waals surface area contributed by atoms with E-state index in [4.69, 9.17) is 0 Å². The number of hydrogen-bond acceptors (Lipinski definition) is 4. The zero-order valence-corrected chi connectivity index (χ0v) is 9.67. The van der Waals surface area contributed by atoms with Gasteiger partial charge in [-0.15, -0.1) is 0 Å². The number of amides is 1. The molecule has 0 spiro atoms. The van der Waals surface area contributed by atoms with Crippen molar-refractivity contribution < 1.29 is 13.2 Å². The van der Waals surface area contributed by atoms with Crippen LogP contribution in [-0.2, 0) is 14.6 Å². The summed E-state index contributed by atoms with van der Waals surface area (Å²) in [6.07, 6.45) is 0.400. The van der Waals surface area contributed by atoms with Crippen molar-refractivity contribution >= 4 is 21.6 Å². The van der Waals surface area contributed by atoms with Gasteiger partial charge in [-0.05, 0) is 13.3 Å². The van der Waals surface area contributed by atoms with E-state index >= 15 is 0 Å². The summed E-state index contributed by atoms with van der Waals surface area (Å²) in [4.78, 5) is 11.7. The molecule has 2 N–H and O–H groups in total. The van der Waals surface area contributed by atoms with Crippen LogP contribution in [0.25, 0.3) is 0 Å². The molecule has 0 saturated carbocycles. The molecule has 0 radical (unpaired) electrons. The second-order valence-corrected chi connectivity index (χ2v) is 6.25. The number of nitrogens with zero attached hydrogens (tertiary/aromatic N) is 1. The summed E-state index contributed by atoms with van der Waals surface area (Å²) in [6.45, 7) is 1.82. The second kappa shape index (κ2) is 3.89. The number of carbonyl (C=O) groups is 1. The van der Waals surface area contributed by atoms with Crippen LogP contribution in [0.15, 0.2) is 6.07 Å². The number of aromatic amines is 1. The van der Waals surface area contributed by atoms with Gasteiger partial charge in [0, 0.05) is 11.8 Å². The molecule has 1 saturated heterocycles. The van der Waals surface area contributed by atoms with E-state index in [1.54, 1.807) is 6.07 Å². The van der Waals surface area contributed by atoms with Gasteiger partial charge in [0.2, 0.25) is 5.91 Å². The van der Waals surface area contributed by atoms with Crippen molar-refractivity contribution in [1.82, 2.24) is 10.2 Å². The van der Waals surface area contributed by atoms with Crippen LogP contribution in [0.3, 0.4) is 0 Å². The first-order valence-electron chi connectivity index (χ1n) is 4.99. The highest BCUT2D eigenvalue weighted by Crippen LogP contribution is 2.19. The molecule has 6 nitrogen and oxygen atoms in total. The number of anilines is 1. The summed E-state index contributed by atoms with van der Waals surface area (Å²) >= 11 is 0. The van der Waals surface area contributed by atoms with Gasteiger partial charge >= 0.3 is 0 Å². The van der Waals surface area contributed by atoms with Crippen LogP contribution in [0.5, 0.6) is 0 Å². The Morgan fingerprint density at radius 1 is 1.62 bits per heavy atom. The summed E-state index contributed by atoms with van der Waals surface area (Å²) < 4.78 is 22.4. The maximum absolute atomic E-state index is 11.7. The van der Waals surface area contributed by atoms with Crippen LogP contribution in [0.4, 0.5) is 5.82 Å². The number of nitrogens with one attached hydrogen (secondary N) is 2. The highest BCUT2D eigenvalue weighted by molar-refractivity contribution is 7.91. The van der Waals surface area contributed by atoms with E-state index in [2.05, 4.69) is 15.5 Å². The molecule has 7 heteroatoms. The van der Waals surface area contributed by atoms with E-state index in [-0.39, 0.29) is 17.4 Å². The van der Waals surface area contributed by atoms with Crippen molar-refractivity contribution in [2.24, 2.45) is 5.92 Å². The zero-order chi connectivity index (χ0) is 11.8. The lowest BCUT2D eigenvalue weighted by atomic mass is 10.1. The number of H-pyrrole nitrogens is 1. The normalized spacial score (nSPS) is 23.2. The average molecular weight is 243 g/mol. The summed E-state index contributed by atoms with van der Waals surface area (Å²) in [6, 6.07) is 1.70. The fourth-order valence-corrected chi connectivity index (χ4v) is 3.45. The summed E-state index contributed by atoms with van der Waals surface area (Å²) in [5, 5.41) is 9.15. The number of sulfone groups is 1. The Balaban J connectivity index is 1.99. The largest absolute Gasteiger partial charge is 0.309 e. The third-order valence-electron chi connectivity index (χ3n) is 2.56. The van der Waals surface area contributed by atoms with E-state index in [1.165, 1.54) is 0 Å². The molecular weight excluding hydrogens is 230 g/mol. The minimum atomic E-state index is -3.02. The molecule has 0 bridgehead atoms. The molecule has 88 valence electrons. The molecule has 1 atom stereocenters. The fraction of sp³-hybridized carbons (Fsp3) is 0.556. The number of aryl methyl sites for hydroxylation is 1. The van der Waals surface area contributed by atoms with Crippen LogP contribution >= 0.6 is 0 Å². The highest BCUT2D eigenvalue weighted by Gasteiger charge is 2.33. The maximum atomic E-state index is 11.7. The molecule has 1 fully saturated rings. The first kappa shape index (κ1) is 11.1. The number of carbonyl (C=O) groups excluding carboxylic acids is 1. The fourth-order valence-electron chi connectivity index (χ4n) is 1.71. The Morgan fingerprint density at radius 3 is 2.88 bits per heavy atom. The van der Waals surface area contributed by atoms with Gasteiger partial charge < -0.3 is 5.32 Å². The second-order valence-electron chi connectivity index (χ2n) is 4.03. The predicted octanol–water partition coefficient (Wildman–Crippen LogP) is 0.0913. The smallest absolute Gasteiger partial charge is 0.229 e. The average Bonchev–Trinajstić information content (AvgIpc) is 2.72. The number of rotatable bonds is 2. The van der Waals surface area contributed by atoms with Gasteiger partial charge in [-0.25, -0.2) is 8.42 Å². The molecule has 1 aromatic heterocycles. The Bertz CT molecular complexity index is 506. The Labute approximate surface area is 93.3 Å². The van der Waals surface area contributed by atoms with Crippen LogP contribution in [0, 0.1) is 12.8 Å². The highest BCUT2D eigenvalue weighted by atomic mass is 32.2. The molecule has 1 aliphatic rings. The van der Waals surface area contributed by atoms with Crippen LogP contribution in [0.2, 0.25) is 0 Å². The van der Waals surface area contributed by atoms with Crippen LogP contribution < -0.4 is 5.32 Å². The Hall–Kier alpha value is -1.37. The molecule has 0 aliphatic carbocycles. The lowest BCUT2D eigenvalue weighted by Gasteiger charge is -2.06. The summed E-state index contributed by atoms with van der Waals surface area (Å²) in [5.41, 5.74) is 0.842. The third kappa shape index (κ3) is 2.41. The number of hydrogen-bond donors (Lipinski definition) is 2. The molecule has 1 aromatic rings. The van der Waals surface area contributed by atoms with Crippen molar-refractivity contribution in [2.75, 3.05) is 16.8 Å². The van der Waals surface area contributed by atoms with Gasteiger partial charge in [0.25, 0.3) is 0 Å². The molecule has 16 heavy (non-hydrogen) atoms. The molecule has 2 rings (SSSR count). The summed E-state index contributed by atoms with van der Waals surface area (Å²) in [5.74, 6) is -0.228. The molecule has 1 aliphatic heterocycles. The Morgan fingerprint density at radius 2 is 2.38 bits per heavy atom. The van der Waals surface area contributed by atoms with E-state index in [1.807, 2.05) is 6.92 Å². The SMILES string of the molecule is Cc1cc(NC(=O)C2CCS(=O)(=O)C2)n[nH]1. The van der Waals surface area contributed by atoms with Crippen molar-refractivity contribution in [3.05, 3.63) is 11.8 Å². The standard InChI is InChI=1S/C9H13N3O3S/c1-6-4-8(12-11-6)10-9(13)7-2-3-16(14,15)5-7/h4,7H,2-3,5H2,1H3,(H2,10,11,12,13). The van der Waals surface area contributed by atoms with Gasteiger partial charge in [-0.1, -0.05) is 0 Å². The van der Waals surface area contributed by atoms with Gasteiger partial charge in [-0.2, -0.15) is 5.10 Å². The van der Waals surface area contributed by atoms with Crippen molar-refractivity contribution in [3.8, 4) is 0 Å². The molecule has 1 unspecified atom stereocenters. The topological polar surface area (TPSA) is 91.9 Å². The van der Waals surface area contributed by atoms with Crippen LogP contribution in [-0.4, -0.2) is 36.0 Å². The third-order valence-corrected chi connectivity index (χ3v) is 4.33. The lowest BCUT2D eigenvalue weighted by molar-refractivity contribution is -0.119. The van der Waals surface area contributed by atoms with Gasteiger partial charge in [-0.3, -0.25) is 9.89 Å². The molecular formula is C9H13N3O3S. The van der Waals surface area contributed by atoms with E-state index in [9.17, 15) is 13.2 Å². The van der Waals surface area contributed by atoms with E-state index in [0.717, 1.165) is 5.69 Å². The molecule has 2 heterocycles. The first-order valence-corrected chi connectivity index (χ1v) is 6.82. The summed E-state index contributed by atoms with van der Waals surface area (Å²) in [7, 11) is -3.02. The molecule has 1 amide bonds. The number of aromatic nitrogens is 2. The Kier molecular flexibility index (Phi) is 2.71. The maximum Gasteiger partial charge on any atom is 0.229 e. The van der Waals surface area contributed by atoms with Crippen molar-refractivity contribution in [2.45, 2.75) is 13.3 Å². The van der Waals surface area contributed by atoms with Crippen molar-refractivity contribution in [1.29, 1.82) is 0 Å². The predicted molar refractivity (Wildman–Crippen MR) is 58.7 cm³/mol. The van der Waals surface area contributed by atoms with Crippen molar-refractivity contribution in [3.63, 3.8) is 0 Å². The minimum Gasteiger partial charge on any atom is -0.309 e.